The first kappa shape index (κ1) is 18.0. The van der Waals surface area contributed by atoms with Gasteiger partial charge in [-0.25, -0.2) is 0 Å². The fourth-order valence-corrected chi connectivity index (χ4v) is 4.03. The molecule has 1 heterocycles. The van der Waals surface area contributed by atoms with Crippen LogP contribution in [0.25, 0.3) is 16.5 Å². The lowest BCUT2D eigenvalue weighted by Crippen LogP contribution is -2.09. The number of thiophene rings is 1. The van der Waals surface area contributed by atoms with Gasteiger partial charge in [0.05, 0.1) is 0 Å². The Morgan fingerprint density at radius 1 is 0.643 bits per heavy atom. The van der Waals surface area contributed by atoms with E-state index in [2.05, 4.69) is 83.8 Å². The molecule has 0 spiro atoms. The molecule has 0 aliphatic carbocycles. The molecule has 0 saturated heterocycles. The summed E-state index contributed by atoms with van der Waals surface area (Å²) in [7, 11) is 0. The van der Waals surface area contributed by atoms with Gasteiger partial charge in [-0.3, -0.25) is 4.79 Å². The van der Waals surface area contributed by atoms with Crippen LogP contribution in [0.2, 0.25) is 0 Å². The summed E-state index contributed by atoms with van der Waals surface area (Å²) in [6.45, 7) is 0. The Hall–Kier alpha value is -3.43. The molecule has 0 unspecified atom stereocenters. The fourth-order valence-electron chi connectivity index (χ4n) is 3.11. The first-order valence-electron chi connectivity index (χ1n) is 9.07. The molecule has 0 radical (unpaired) electrons. The van der Waals surface area contributed by atoms with Crippen molar-refractivity contribution < 1.29 is 4.79 Å². The molecule has 0 N–H and O–H groups in total. The molecular formula is C25H19NOS. The van der Waals surface area contributed by atoms with E-state index in [0.29, 0.717) is 0 Å². The van der Waals surface area contributed by atoms with Gasteiger partial charge in [0, 0.05) is 26.8 Å². The number of hydrogen-bond donors (Lipinski definition) is 0. The van der Waals surface area contributed by atoms with E-state index in [0.717, 1.165) is 28.2 Å². The lowest BCUT2D eigenvalue weighted by atomic mass is 10.1. The topological polar surface area (TPSA) is 20.3 Å². The number of allylic oxidation sites excluding steroid dienone is 1. The highest BCUT2D eigenvalue weighted by Gasteiger charge is 2.12. The van der Waals surface area contributed by atoms with E-state index in [4.69, 9.17) is 0 Å². The maximum atomic E-state index is 10.5. The minimum atomic E-state index is 0.802. The van der Waals surface area contributed by atoms with Gasteiger partial charge in [-0.05, 0) is 66.2 Å². The molecule has 28 heavy (non-hydrogen) atoms. The van der Waals surface area contributed by atoms with E-state index < -0.39 is 0 Å². The minimum absolute atomic E-state index is 0.802. The van der Waals surface area contributed by atoms with Gasteiger partial charge in [-0.2, -0.15) is 0 Å². The molecule has 3 aromatic carbocycles. The van der Waals surface area contributed by atoms with Gasteiger partial charge in [0.25, 0.3) is 0 Å². The summed E-state index contributed by atoms with van der Waals surface area (Å²) in [6, 6.07) is 33.5. The minimum Gasteiger partial charge on any atom is -0.311 e. The monoisotopic (exact) mass is 381 g/mol. The molecule has 0 saturated carbocycles. The van der Waals surface area contributed by atoms with Crippen molar-refractivity contribution in [3.05, 3.63) is 108 Å². The second kappa shape index (κ2) is 8.51. The normalized spacial score (nSPS) is 10.9. The van der Waals surface area contributed by atoms with Crippen LogP contribution in [0.5, 0.6) is 0 Å². The number of carbonyl (C=O) groups is 1. The van der Waals surface area contributed by atoms with E-state index >= 15 is 0 Å². The average molecular weight is 382 g/mol. The van der Waals surface area contributed by atoms with Crippen molar-refractivity contribution in [1.82, 2.24) is 0 Å². The number of hydrogen-bond acceptors (Lipinski definition) is 3. The van der Waals surface area contributed by atoms with Crippen molar-refractivity contribution in [1.29, 1.82) is 0 Å². The number of anilines is 3. The number of benzene rings is 3. The lowest BCUT2D eigenvalue weighted by molar-refractivity contribution is -0.104. The number of rotatable bonds is 6. The van der Waals surface area contributed by atoms with Crippen LogP contribution in [0.4, 0.5) is 17.1 Å². The summed E-state index contributed by atoms with van der Waals surface area (Å²) in [4.78, 5) is 15.0. The summed E-state index contributed by atoms with van der Waals surface area (Å²) < 4.78 is 0. The van der Waals surface area contributed by atoms with Crippen LogP contribution in [0.1, 0.15) is 4.88 Å². The fraction of sp³-hybridized carbons (Fsp3) is 0. The predicted molar refractivity (Wildman–Crippen MR) is 120 cm³/mol. The Morgan fingerprint density at radius 2 is 1.21 bits per heavy atom. The van der Waals surface area contributed by atoms with E-state index in [9.17, 15) is 4.79 Å². The average Bonchev–Trinajstić information content (AvgIpc) is 3.23. The highest BCUT2D eigenvalue weighted by atomic mass is 32.1. The summed E-state index contributed by atoms with van der Waals surface area (Å²) in [5, 5.41) is 0. The number of carbonyl (C=O) groups excluding carboxylic acids is 1. The molecule has 0 amide bonds. The van der Waals surface area contributed by atoms with E-state index in [-0.39, 0.29) is 0 Å². The Balaban J connectivity index is 1.68. The quantitative estimate of drug-likeness (QED) is 0.262. The molecule has 0 atom stereocenters. The van der Waals surface area contributed by atoms with Gasteiger partial charge >= 0.3 is 0 Å². The summed E-state index contributed by atoms with van der Waals surface area (Å²) in [5.74, 6) is 0. The van der Waals surface area contributed by atoms with Crippen molar-refractivity contribution in [3.8, 4) is 10.4 Å². The number of aldehydes is 1. The molecule has 1 aromatic heterocycles. The largest absolute Gasteiger partial charge is 0.311 e. The third-order valence-corrected chi connectivity index (χ3v) is 5.50. The molecule has 0 aliphatic heterocycles. The Bertz CT molecular complexity index is 1030. The maximum Gasteiger partial charge on any atom is 0.142 e. The van der Waals surface area contributed by atoms with Crippen LogP contribution in [-0.4, -0.2) is 6.29 Å². The van der Waals surface area contributed by atoms with Crippen LogP contribution in [0, 0.1) is 0 Å². The van der Waals surface area contributed by atoms with Crippen LogP contribution in [0.3, 0.4) is 0 Å². The van der Waals surface area contributed by atoms with E-state index in [1.54, 1.807) is 11.3 Å². The molecule has 136 valence electrons. The number of nitrogens with zero attached hydrogens (tertiary/aromatic N) is 1. The van der Waals surface area contributed by atoms with Crippen LogP contribution in [-0.2, 0) is 4.79 Å². The third kappa shape index (κ3) is 3.95. The second-order valence-corrected chi connectivity index (χ2v) is 7.37. The maximum absolute atomic E-state index is 10.5. The molecule has 3 heteroatoms. The smallest absolute Gasteiger partial charge is 0.142 e. The highest BCUT2D eigenvalue weighted by Crippen LogP contribution is 2.36. The van der Waals surface area contributed by atoms with Crippen molar-refractivity contribution in [2.24, 2.45) is 0 Å². The van der Waals surface area contributed by atoms with Gasteiger partial charge in [-0.1, -0.05) is 48.5 Å². The summed E-state index contributed by atoms with van der Waals surface area (Å²) >= 11 is 1.67. The van der Waals surface area contributed by atoms with Crippen molar-refractivity contribution in [2.75, 3.05) is 4.90 Å². The predicted octanol–water partition coefficient (Wildman–Crippen LogP) is 7.10. The van der Waals surface area contributed by atoms with Crippen molar-refractivity contribution in [3.63, 3.8) is 0 Å². The van der Waals surface area contributed by atoms with Gasteiger partial charge in [0.15, 0.2) is 0 Å². The molecule has 0 bridgehead atoms. The molecule has 0 fully saturated rings. The van der Waals surface area contributed by atoms with Gasteiger partial charge in [-0.15, -0.1) is 11.3 Å². The Labute approximate surface area is 169 Å². The summed E-state index contributed by atoms with van der Waals surface area (Å²) in [5.41, 5.74) is 4.53. The standard InChI is InChI=1S/C25H19NOS/c27-19-7-12-24-17-18-25(28-24)20-13-15-23(16-14-20)26(21-8-3-1-4-9-21)22-10-5-2-6-11-22/h1-19H/b12-7+. The molecule has 4 rings (SSSR count). The van der Waals surface area contributed by atoms with Crippen LogP contribution >= 0.6 is 11.3 Å². The molecular weight excluding hydrogens is 362 g/mol. The SMILES string of the molecule is O=C/C=C/c1ccc(-c2ccc(N(c3ccccc3)c3ccccc3)cc2)s1. The molecule has 2 nitrogen and oxygen atoms in total. The third-order valence-electron chi connectivity index (χ3n) is 4.40. The van der Waals surface area contributed by atoms with Gasteiger partial charge < -0.3 is 4.90 Å². The second-order valence-electron chi connectivity index (χ2n) is 6.25. The van der Waals surface area contributed by atoms with Gasteiger partial charge in [0.2, 0.25) is 0 Å². The van der Waals surface area contributed by atoms with Crippen LogP contribution < -0.4 is 4.90 Å². The molecule has 0 aliphatic rings. The van der Waals surface area contributed by atoms with Crippen molar-refractivity contribution in [2.45, 2.75) is 0 Å². The number of para-hydroxylation sites is 2. The zero-order valence-electron chi connectivity index (χ0n) is 15.2. The zero-order chi connectivity index (χ0) is 19.2. The lowest BCUT2D eigenvalue weighted by Gasteiger charge is -2.25. The first-order valence-corrected chi connectivity index (χ1v) is 9.89. The Kier molecular flexibility index (Phi) is 5.46. The molecule has 4 aromatic rings. The van der Waals surface area contributed by atoms with Gasteiger partial charge in [0.1, 0.15) is 6.29 Å². The van der Waals surface area contributed by atoms with E-state index in [1.165, 1.54) is 16.5 Å². The highest BCUT2D eigenvalue weighted by molar-refractivity contribution is 7.16. The van der Waals surface area contributed by atoms with Crippen molar-refractivity contribution >= 4 is 40.8 Å². The van der Waals surface area contributed by atoms with Crippen LogP contribution in [0.15, 0.2) is 103 Å². The summed E-state index contributed by atoms with van der Waals surface area (Å²) in [6.07, 6.45) is 4.16. The van der Waals surface area contributed by atoms with E-state index in [1.807, 2.05) is 24.3 Å². The Morgan fingerprint density at radius 3 is 1.79 bits per heavy atom. The first-order chi connectivity index (χ1) is 13.8. The zero-order valence-corrected chi connectivity index (χ0v) is 16.0.